The zero-order valence-electron chi connectivity index (χ0n) is 13.6. The second-order valence-corrected chi connectivity index (χ2v) is 5.97. The molecule has 0 spiro atoms. The summed E-state index contributed by atoms with van der Waals surface area (Å²) in [5.41, 5.74) is 2.18. The summed E-state index contributed by atoms with van der Waals surface area (Å²) in [5, 5.41) is 6.60. The first-order valence-corrected chi connectivity index (χ1v) is 8.20. The molecule has 1 atom stereocenters. The third-order valence-corrected chi connectivity index (χ3v) is 3.91. The first-order valence-electron chi connectivity index (χ1n) is 7.82. The second kappa shape index (κ2) is 7.77. The van der Waals surface area contributed by atoms with E-state index in [1.807, 2.05) is 37.3 Å². The zero-order valence-corrected chi connectivity index (χ0v) is 14.4. The first kappa shape index (κ1) is 16.9. The van der Waals surface area contributed by atoms with Crippen molar-refractivity contribution in [3.8, 4) is 0 Å². The molecule has 1 heterocycles. The molecular formula is C19H17ClN4O. The molecule has 1 amide bonds. The van der Waals surface area contributed by atoms with Crippen molar-refractivity contribution in [2.75, 3.05) is 10.6 Å². The van der Waals surface area contributed by atoms with Gasteiger partial charge in [0, 0.05) is 23.1 Å². The molecule has 1 unspecified atom stereocenters. The fourth-order valence-electron chi connectivity index (χ4n) is 2.28. The molecule has 3 aromatic rings. The Hall–Kier alpha value is -2.92. The molecule has 0 fully saturated rings. The highest BCUT2D eigenvalue weighted by molar-refractivity contribution is 6.30. The van der Waals surface area contributed by atoms with Crippen molar-refractivity contribution in [3.63, 3.8) is 0 Å². The van der Waals surface area contributed by atoms with Crippen LogP contribution in [0.2, 0.25) is 5.02 Å². The number of anilines is 2. The van der Waals surface area contributed by atoms with E-state index in [0.29, 0.717) is 22.2 Å². The molecule has 0 radical (unpaired) electrons. The molecule has 3 rings (SSSR count). The molecule has 0 saturated carbocycles. The lowest BCUT2D eigenvalue weighted by atomic mass is 10.1. The normalized spacial score (nSPS) is 11.6. The van der Waals surface area contributed by atoms with Crippen molar-refractivity contribution >= 4 is 29.1 Å². The third kappa shape index (κ3) is 4.55. The first-order chi connectivity index (χ1) is 12.1. The van der Waals surface area contributed by atoms with E-state index in [9.17, 15) is 4.79 Å². The average molecular weight is 353 g/mol. The van der Waals surface area contributed by atoms with Crippen molar-refractivity contribution in [3.05, 3.63) is 83.1 Å². The second-order valence-electron chi connectivity index (χ2n) is 5.53. The number of aromatic nitrogens is 2. The summed E-state index contributed by atoms with van der Waals surface area (Å²) in [7, 11) is 0. The molecule has 0 saturated heterocycles. The van der Waals surface area contributed by atoms with Crippen LogP contribution >= 0.6 is 11.6 Å². The van der Waals surface area contributed by atoms with Gasteiger partial charge in [-0.25, -0.2) is 9.97 Å². The number of hydrogen-bond acceptors (Lipinski definition) is 4. The summed E-state index contributed by atoms with van der Waals surface area (Å²) in [6.45, 7) is 2.03. The minimum absolute atomic E-state index is 0.0648. The number of carbonyl (C=O) groups excluding carboxylic acids is 1. The standard InChI is InChI=1S/C19H17ClN4O/c1-13(14-5-3-2-4-6-14)23-19-21-11-15(12-22-19)18(25)24-17-9-7-16(20)8-10-17/h2-13H,1H3,(H,24,25)(H,21,22,23). The number of nitrogens with one attached hydrogen (secondary N) is 2. The maximum atomic E-state index is 12.2. The Morgan fingerprint density at radius 3 is 2.28 bits per heavy atom. The van der Waals surface area contributed by atoms with Gasteiger partial charge in [0.25, 0.3) is 5.91 Å². The van der Waals surface area contributed by atoms with Crippen LogP contribution in [-0.4, -0.2) is 15.9 Å². The van der Waals surface area contributed by atoms with Crippen LogP contribution in [0.15, 0.2) is 67.0 Å². The highest BCUT2D eigenvalue weighted by atomic mass is 35.5. The summed E-state index contributed by atoms with van der Waals surface area (Å²) < 4.78 is 0. The zero-order chi connectivity index (χ0) is 17.6. The molecule has 0 aliphatic heterocycles. The summed E-state index contributed by atoms with van der Waals surface area (Å²) in [6, 6.07) is 17.0. The molecule has 2 aromatic carbocycles. The van der Waals surface area contributed by atoms with Crippen molar-refractivity contribution < 1.29 is 4.79 Å². The maximum Gasteiger partial charge on any atom is 0.258 e. The van der Waals surface area contributed by atoms with Gasteiger partial charge in [-0.05, 0) is 36.8 Å². The lowest BCUT2D eigenvalue weighted by Gasteiger charge is -2.14. The minimum atomic E-state index is -0.273. The molecule has 0 aliphatic rings. The van der Waals surface area contributed by atoms with Gasteiger partial charge in [-0.1, -0.05) is 41.9 Å². The monoisotopic (exact) mass is 352 g/mol. The van der Waals surface area contributed by atoms with Gasteiger partial charge in [0.1, 0.15) is 0 Å². The van der Waals surface area contributed by atoms with Crippen molar-refractivity contribution in [1.29, 1.82) is 0 Å². The van der Waals surface area contributed by atoms with Gasteiger partial charge >= 0.3 is 0 Å². The van der Waals surface area contributed by atoms with E-state index in [1.165, 1.54) is 12.4 Å². The molecule has 126 valence electrons. The molecule has 2 N–H and O–H groups in total. The number of amides is 1. The Morgan fingerprint density at radius 2 is 1.64 bits per heavy atom. The average Bonchev–Trinajstić information content (AvgIpc) is 2.65. The largest absolute Gasteiger partial charge is 0.348 e. The molecule has 6 heteroatoms. The van der Waals surface area contributed by atoms with Gasteiger partial charge in [0.2, 0.25) is 5.95 Å². The number of hydrogen-bond donors (Lipinski definition) is 2. The fourth-order valence-corrected chi connectivity index (χ4v) is 2.40. The van der Waals surface area contributed by atoms with Crippen LogP contribution in [0, 0.1) is 0 Å². The van der Waals surface area contributed by atoms with Crippen LogP contribution in [0.4, 0.5) is 11.6 Å². The van der Waals surface area contributed by atoms with Crippen LogP contribution in [0.1, 0.15) is 28.9 Å². The van der Waals surface area contributed by atoms with E-state index in [-0.39, 0.29) is 11.9 Å². The van der Waals surface area contributed by atoms with E-state index >= 15 is 0 Å². The van der Waals surface area contributed by atoms with Crippen LogP contribution in [0.5, 0.6) is 0 Å². The Balaban J connectivity index is 1.63. The SMILES string of the molecule is CC(Nc1ncc(C(=O)Nc2ccc(Cl)cc2)cn1)c1ccccc1. The van der Waals surface area contributed by atoms with Crippen molar-refractivity contribution in [1.82, 2.24) is 9.97 Å². The Kier molecular flexibility index (Phi) is 5.26. The number of benzene rings is 2. The summed E-state index contributed by atoms with van der Waals surface area (Å²) in [5.74, 6) is 0.198. The predicted molar refractivity (Wildman–Crippen MR) is 99.9 cm³/mol. The van der Waals surface area contributed by atoms with Gasteiger partial charge < -0.3 is 10.6 Å². The van der Waals surface area contributed by atoms with E-state index < -0.39 is 0 Å². The van der Waals surface area contributed by atoms with Crippen LogP contribution in [-0.2, 0) is 0 Å². The summed E-state index contributed by atoms with van der Waals surface area (Å²) in [6.07, 6.45) is 3.00. The van der Waals surface area contributed by atoms with Gasteiger partial charge in [0.15, 0.2) is 0 Å². The summed E-state index contributed by atoms with van der Waals surface area (Å²) in [4.78, 5) is 20.6. The Bertz CT molecular complexity index is 836. The van der Waals surface area contributed by atoms with Crippen molar-refractivity contribution in [2.24, 2.45) is 0 Å². The van der Waals surface area contributed by atoms with Crippen LogP contribution in [0.3, 0.4) is 0 Å². The van der Waals surface area contributed by atoms with Gasteiger partial charge in [-0.15, -0.1) is 0 Å². The molecule has 5 nitrogen and oxygen atoms in total. The molecule has 25 heavy (non-hydrogen) atoms. The summed E-state index contributed by atoms with van der Waals surface area (Å²) >= 11 is 5.83. The molecule has 0 bridgehead atoms. The Labute approximate surface area is 151 Å². The van der Waals surface area contributed by atoms with Gasteiger partial charge in [-0.3, -0.25) is 4.79 Å². The smallest absolute Gasteiger partial charge is 0.258 e. The lowest BCUT2D eigenvalue weighted by molar-refractivity contribution is 0.102. The number of halogens is 1. The van der Waals surface area contributed by atoms with Crippen LogP contribution in [0.25, 0.3) is 0 Å². The van der Waals surface area contributed by atoms with Crippen molar-refractivity contribution in [2.45, 2.75) is 13.0 Å². The number of rotatable bonds is 5. The highest BCUT2D eigenvalue weighted by Gasteiger charge is 2.10. The number of carbonyl (C=O) groups is 1. The highest BCUT2D eigenvalue weighted by Crippen LogP contribution is 2.17. The van der Waals surface area contributed by atoms with Gasteiger partial charge in [-0.2, -0.15) is 0 Å². The lowest BCUT2D eigenvalue weighted by Crippen LogP contribution is -2.14. The minimum Gasteiger partial charge on any atom is -0.348 e. The van der Waals surface area contributed by atoms with E-state index in [2.05, 4.69) is 20.6 Å². The van der Waals surface area contributed by atoms with E-state index in [4.69, 9.17) is 11.6 Å². The fraction of sp³-hybridized carbons (Fsp3) is 0.105. The van der Waals surface area contributed by atoms with E-state index in [0.717, 1.165) is 5.56 Å². The predicted octanol–water partition coefficient (Wildman–Crippen LogP) is 4.56. The van der Waals surface area contributed by atoms with E-state index in [1.54, 1.807) is 24.3 Å². The third-order valence-electron chi connectivity index (χ3n) is 3.66. The number of nitrogens with zero attached hydrogens (tertiary/aromatic N) is 2. The van der Waals surface area contributed by atoms with Crippen LogP contribution < -0.4 is 10.6 Å². The molecular weight excluding hydrogens is 336 g/mol. The topological polar surface area (TPSA) is 66.9 Å². The van der Waals surface area contributed by atoms with Gasteiger partial charge in [0.05, 0.1) is 11.6 Å². The quantitative estimate of drug-likeness (QED) is 0.706. The molecule has 1 aromatic heterocycles. The Morgan fingerprint density at radius 1 is 1.00 bits per heavy atom. The maximum absolute atomic E-state index is 12.2. The molecule has 0 aliphatic carbocycles.